The molecule has 2 heterocycles. The number of aromatic nitrogens is 2. The van der Waals surface area contributed by atoms with E-state index in [0.717, 1.165) is 14.0 Å². The number of carbonyl (C=O) groups excluding carboxylic acids is 1. The Morgan fingerprint density at radius 3 is 2.46 bits per heavy atom. The predicted molar refractivity (Wildman–Crippen MR) is 80.7 cm³/mol. The molecule has 0 saturated carbocycles. The molecule has 0 spiro atoms. The van der Waals surface area contributed by atoms with Crippen LogP contribution in [0.3, 0.4) is 0 Å². The van der Waals surface area contributed by atoms with Gasteiger partial charge in [-0.15, -0.1) is 0 Å². The van der Waals surface area contributed by atoms with Gasteiger partial charge < -0.3 is 19.9 Å². The third-order valence-corrected chi connectivity index (χ3v) is 3.88. The Bertz CT molecular complexity index is 549. The standard InChI is InChI=1S/C14H20F3N5O2/c1-13(10-24-2,14(15,16)17)20-12(23)22-7-5-21(6-8-22)11-9-18-3-4-19-11/h3-4,9H,5-8,10H2,1-2H3,(H,20,23). The van der Waals surface area contributed by atoms with Crippen LogP contribution in [0.25, 0.3) is 0 Å². The van der Waals surface area contributed by atoms with Crippen molar-refractivity contribution >= 4 is 11.8 Å². The molecule has 1 aliphatic heterocycles. The van der Waals surface area contributed by atoms with Crippen molar-refractivity contribution in [3.8, 4) is 0 Å². The number of halogens is 3. The van der Waals surface area contributed by atoms with Gasteiger partial charge >= 0.3 is 12.2 Å². The second-order valence-corrected chi connectivity index (χ2v) is 5.73. The van der Waals surface area contributed by atoms with Crippen LogP contribution in [-0.4, -0.2) is 72.5 Å². The molecule has 7 nitrogen and oxygen atoms in total. The number of nitrogens with one attached hydrogen (secondary N) is 1. The minimum absolute atomic E-state index is 0.295. The molecule has 1 fully saturated rings. The molecule has 1 N–H and O–H groups in total. The van der Waals surface area contributed by atoms with Crippen LogP contribution in [0.5, 0.6) is 0 Å². The van der Waals surface area contributed by atoms with Crippen molar-refractivity contribution in [1.29, 1.82) is 0 Å². The number of piperazine rings is 1. The lowest BCUT2D eigenvalue weighted by Crippen LogP contribution is -2.63. The molecule has 24 heavy (non-hydrogen) atoms. The normalized spacial score (nSPS) is 18.2. The number of urea groups is 1. The van der Waals surface area contributed by atoms with Crippen LogP contribution in [0.15, 0.2) is 18.6 Å². The van der Waals surface area contributed by atoms with Gasteiger partial charge in [-0.05, 0) is 6.92 Å². The molecule has 2 rings (SSSR count). The smallest absolute Gasteiger partial charge is 0.382 e. The lowest BCUT2D eigenvalue weighted by atomic mass is 10.0. The molecular formula is C14H20F3N5O2. The van der Waals surface area contributed by atoms with E-state index in [2.05, 4.69) is 14.7 Å². The number of anilines is 1. The zero-order valence-corrected chi connectivity index (χ0v) is 13.5. The van der Waals surface area contributed by atoms with Gasteiger partial charge in [0, 0.05) is 45.7 Å². The summed E-state index contributed by atoms with van der Waals surface area (Å²) in [6.07, 6.45) is 0.115. The first kappa shape index (κ1) is 18.2. The molecule has 1 unspecified atom stereocenters. The zero-order chi connectivity index (χ0) is 17.8. The van der Waals surface area contributed by atoms with Crippen molar-refractivity contribution in [2.45, 2.75) is 18.6 Å². The Kier molecular flexibility index (Phi) is 5.47. The summed E-state index contributed by atoms with van der Waals surface area (Å²) in [4.78, 5) is 23.6. The van der Waals surface area contributed by atoms with Crippen molar-refractivity contribution < 1.29 is 22.7 Å². The fraction of sp³-hybridized carbons (Fsp3) is 0.643. The van der Waals surface area contributed by atoms with E-state index in [9.17, 15) is 18.0 Å². The number of hydrogen-bond donors (Lipinski definition) is 1. The first-order valence-corrected chi connectivity index (χ1v) is 7.40. The lowest BCUT2D eigenvalue weighted by molar-refractivity contribution is -0.200. The molecule has 2 amide bonds. The second-order valence-electron chi connectivity index (χ2n) is 5.73. The van der Waals surface area contributed by atoms with E-state index in [4.69, 9.17) is 0 Å². The monoisotopic (exact) mass is 347 g/mol. The minimum Gasteiger partial charge on any atom is -0.382 e. The number of hydrogen-bond acceptors (Lipinski definition) is 5. The van der Waals surface area contributed by atoms with Crippen LogP contribution in [0, 0.1) is 0 Å². The van der Waals surface area contributed by atoms with E-state index in [1.165, 1.54) is 4.90 Å². The highest BCUT2D eigenvalue weighted by molar-refractivity contribution is 5.75. The number of nitrogens with zero attached hydrogens (tertiary/aromatic N) is 4. The van der Waals surface area contributed by atoms with Gasteiger partial charge in [-0.25, -0.2) is 9.78 Å². The Morgan fingerprint density at radius 2 is 1.96 bits per heavy atom. The number of amides is 2. The van der Waals surface area contributed by atoms with Gasteiger partial charge in [0.05, 0.1) is 12.8 Å². The molecule has 1 aliphatic rings. The molecule has 1 atom stereocenters. The van der Waals surface area contributed by atoms with Gasteiger partial charge in [-0.2, -0.15) is 13.2 Å². The Labute approximate surface area is 137 Å². The summed E-state index contributed by atoms with van der Waals surface area (Å²) in [5.41, 5.74) is -2.43. The highest BCUT2D eigenvalue weighted by Crippen LogP contribution is 2.30. The molecule has 1 saturated heterocycles. The van der Waals surface area contributed by atoms with E-state index in [1.807, 2.05) is 10.2 Å². The zero-order valence-electron chi connectivity index (χ0n) is 13.5. The van der Waals surface area contributed by atoms with E-state index in [1.54, 1.807) is 18.6 Å². The van der Waals surface area contributed by atoms with Gasteiger partial charge in [0.2, 0.25) is 0 Å². The molecule has 134 valence electrons. The third kappa shape index (κ3) is 4.05. The number of ether oxygens (including phenoxy) is 1. The van der Waals surface area contributed by atoms with Gasteiger partial charge in [-0.3, -0.25) is 4.98 Å². The quantitative estimate of drug-likeness (QED) is 0.888. The maximum absolute atomic E-state index is 13.2. The molecule has 1 aromatic heterocycles. The van der Waals surface area contributed by atoms with Crippen LogP contribution in [0.4, 0.5) is 23.8 Å². The Morgan fingerprint density at radius 1 is 1.29 bits per heavy atom. The fourth-order valence-electron chi connectivity index (χ4n) is 2.39. The number of alkyl halides is 3. The van der Waals surface area contributed by atoms with Gasteiger partial charge in [0.15, 0.2) is 5.54 Å². The van der Waals surface area contributed by atoms with Crippen LogP contribution in [0.1, 0.15) is 6.92 Å². The van der Waals surface area contributed by atoms with E-state index < -0.39 is 24.4 Å². The van der Waals surface area contributed by atoms with Crippen LogP contribution in [-0.2, 0) is 4.74 Å². The van der Waals surface area contributed by atoms with E-state index >= 15 is 0 Å². The SMILES string of the molecule is COCC(C)(NC(=O)N1CCN(c2cnccn2)CC1)C(F)(F)F. The summed E-state index contributed by atoms with van der Waals surface area (Å²) >= 11 is 0. The minimum atomic E-state index is -4.61. The van der Waals surface area contributed by atoms with E-state index in [0.29, 0.717) is 32.0 Å². The molecule has 0 aliphatic carbocycles. The van der Waals surface area contributed by atoms with Crippen molar-refractivity contribution in [1.82, 2.24) is 20.2 Å². The summed E-state index contributed by atoms with van der Waals surface area (Å²) in [6.45, 7) is 1.79. The second kappa shape index (κ2) is 7.20. The topological polar surface area (TPSA) is 70.6 Å². The summed E-state index contributed by atoms with van der Waals surface area (Å²) < 4.78 is 44.1. The molecular weight excluding hydrogens is 327 g/mol. The first-order valence-electron chi connectivity index (χ1n) is 7.40. The molecule has 0 aromatic carbocycles. The first-order chi connectivity index (χ1) is 11.3. The lowest BCUT2D eigenvalue weighted by Gasteiger charge is -2.38. The number of carbonyl (C=O) groups is 1. The Hall–Kier alpha value is -2.10. The van der Waals surface area contributed by atoms with E-state index in [-0.39, 0.29) is 0 Å². The summed E-state index contributed by atoms with van der Waals surface area (Å²) in [7, 11) is 1.16. The largest absolute Gasteiger partial charge is 0.413 e. The highest BCUT2D eigenvalue weighted by Gasteiger charge is 2.52. The third-order valence-electron chi connectivity index (χ3n) is 3.88. The van der Waals surface area contributed by atoms with Crippen LogP contribution in [0.2, 0.25) is 0 Å². The van der Waals surface area contributed by atoms with Crippen LogP contribution < -0.4 is 10.2 Å². The summed E-state index contributed by atoms with van der Waals surface area (Å²) in [5.74, 6) is 0.678. The average Bonchev–Trinajstić information content (AvgIpc) is 2.55. The van der Waals surface area contributed by atoms with Crippen molar-refractivity contribution in [2.75, 3.05) is 44.8 Å². The fourth-order valence-corrected chi connectivity index (χ4v) is 2.39. The molecule has 0 bridgehead atoms. The number of methoxy groups -OCH3 is 1. The molecule has 1 aromatic rings. The van der Waals surface area contributed by atoms with Crippen molar-refractivity contribution in [2.24, 2.45) is 0 Å². The summed E-state index contributed by atoms with van der Waals surface area (Å²) in [6, 6.07) is -0.759. The highest BCUT2D eigenvalue weighted by atomic mass is 19.4. The maximum Gasteiger partial charge on any atom is 0.413 e. The molecule has 10 heteroatoms. The van der Waals surface area contributed by atoms with Gasteiger partial charge in [-0.1, -0.05) is 0 Å². The van der Waals surface area contributed by atoms with Gasteiger partial charge in [0.1, 0.15) is 5.82 Å². The maximum atomic E-state index is 13.2. The predicted octanol–water partition coefficient (Wildman–Crippen LogP) is 1.28. The average molecular weight is 347 g/mol. The summed E-state index contributed by atoms with van der Waals surface area (Å²) in [5, 5.41) is 2.05. The number of rotatable bonds is 4. The van der Waals surface area contributed by atoms with Crippen LogP contribution >= 0.6 is 0 Å². The van der Waals surface area contributed by atoms with Crippen molar-refractivity contribution in [3.05, 3.63) is 18.6 Å². The van der Waals surface area contributed by atoms with Crippen molar-refractivity contribution in [3.63, 3.8) is 0 Å². The Balaban J connectivity index is 1.95. The molecule has 0 radical (unpaired) electrons. The van der Waals surface area contributed by atoms with Gasteiger partial charge in [0.25, 0.3) is 0 Å².